The van der Waals surface area contributed by atoms with Crippen LogP contribution >= 0.6 is 0 Å². The third-order valence-electron chi connectivity index (χ3n) is 4.79. The highest BCUT2D eigenvalue weighted by molar-refractivity contribution is 5.98. The van der Waals surface area contributed by atoms with Gasteiger partial charge in [-0.05, 0) is 25.5 Å². The third-order valence-corrected chi connectivity index (χ3v) is 4.79. The fourth-order valence-corrected chi connectivity index (χ4v) is 3.33. The maximum Gasteiger partial charge on any atom is 0.310 e. The van der Waals surface area contributed by atoms with E-state index in [2.05, 4.69) is 10.6 Å². The Kier molecular flexibility index (Phi) is 7.18. The number of carbonyl (C=O) groups is 4. The number of amides is 3. The lowest BCUT2D eigenvalue weighted by atomic mass is 10.1. The Morgan fingerprint density at radius 1 is 1.17 bits per heavy atom. The second-order valence-electron chi connectivity index (χ2n) is 7.01. The zero-order valence-electron chi connectivity index (χ0n) is 16.7. The average Bonchev–Trinajstić information content (AvgIpc) is 2.98. The van der Waals surface area contributed by atoms with Gasteiger partial charge in [-0.2, -0.15) is 0 Å². The molecule has 3 rings (SSSR count). The Hall–Kier alpha value is -3.20. The van der Waals surface area contributed by atoms with E-state index < -0.39 is 30.3 Å². The molecule has 0 bridgehead atoms. The molecule has 0 spiro atoms. The number of rotatable bonds is 7. The summed E-state index contributed by atoms with van der Waals surface area (Å²) < 4.78 is 10.4. The van der Waals surface area contributed by atoms with Crippen molar-refractivity contribution in [1.29, 1.82) is 0 Å². The van der Waals surface area contributed by atoms with Gasteiger partial charge in [0.2, 0.25) is 18.1 Å². The molecule has 30 heavy (non-hydrogen) atoms. The van der Waals surface area contributed by atoms with E-state index in [1.165, 1.54) is 4.90 Å². The minimum Gasteiger partial charge on any atom is -0.433 e. The quantitative estimate of drug-likeness (QED) is 0.491. The second-order valence-corrected chi connectivity index (χ2v) is 7.01. The summed E-state index contributed by atoms with van der Waals surface area (Å²) in [5, 5.41) is 5.43. The number of hydrogen-bond donors (Lipinski definition) is 2. The van der Waals surface area contributed by atoms with E-state index in [0.29, 0.717) is 18.6 Å². The predicted octanol–water partition coefficient (Wildman–Crippen LogP) is 0.368. The van der Waals surface area contributed by atoms with E-state index in [-0.39, 0.29) is 31.3 Å². The van der Waals surface area contributed by atoms with E-state index in [1.807, 2.05) is 0 Å². The Balaban J connectivity index is 1.59. The number of nitrogens with zero attached hydrogens (tertiary/aromatic N) is 1. The van der Waals surface area contributed by atoms with Gasteiger partial charge < -0.3 is 25.0 Å². The van der Waals surface area contributed by atoms with Gasteiger partial charge in [0.05, 0.1) is 13.0 Å². The molecule has 160 valence electrons. The number of esters is 1. The molecule has 0 aromatic heterocycles. The Morgan fingerprint density at radius 3 is 2.67 bits per heavy atom. The van der Waals surface area contributed by atoms with Crippen LogP contribution in [0.25, 0.3) is 0 Å². The number of cyclic esters (lactones) is 1. The number of nitrogens with one attached hydrogen (secondary N) is 2. The molecule has 0 saturated carbocycles. The molecule has 9 heteroatoms. The van der Waals surface area contributed by atoms with Gasteiger partial charge >= 0.3 is 5.97 Å². The minimum absolute atomic E-state index is 0.0139. The number of benzene rings is 1. The summed E-state index contributed by atoms with van der Waals surface area (Å²) in [6, 6.07) is 7.25. The molecular weight excluding hydrogens is 390 g/mol. The van der Waals surface area contributed by atoms with Gasteiger partial charge in [0.1, 0.15) is 12.1 Å². The van der Waals surface area contributed by atoms with Gasteiger partial charge in [-0.25, -0.2) is 0 Å². The normalized spacial score (nSPS) is 23.6. The van der Waals surface area contributed by atoms with Crippen LogP contribution < -0.4 is 10.6 Å². The van der Waals surface area contributed by atoms with Gasteiger partial charge in [0.25, 0.3) is 5.91 Å². The molecule has 2 aliphatic rings. The summed E-state index contributed by atoms with van der Waals surface area (Å²) in [6.07, 6.45) is 3.11. The van der Waals surface area contributed by atoms with Crippen molar-refractivity contribution in [2.75, 3.05) is 19.7 Å². The molecule has 3 amide bonds. The largest absolute Gasteiger partial charge is 0.433 e. The van der Waals surface area contributed by atoms with E-state index >= 15 is 0 Å². The molecule has 3 atom stereocenters. The van der Waals surface area contributed by atoms with Crippen molar-refractivity contribution in [3.8, 4) is 0 Å². The highest BCUT2D eigenvalue weighted by Gasteiger charge is 2.37. The van der Waals surface area contributed by atoms with E-state index in [9.17, 15) is 19.2 Å². The van der Waals surface area contributed by atoms with Gasteiger partial charge in [-0.3, -0.25) is 19.2 Å². The van der Waals surface area contributed by atoms with Crippen LogP contribution in [0.3, 0.4) is 0 Å². The maximum absolute atomic E-state index is 12.9. The summed E-state index contributed by atoms with van der Waals surface area (Å²) in [5.41, 5.74) is 0.454. The van der Waals surface area contributed by atoms with Crippen LogP contribution in [-0.4, -0.2) is 66.7 Å². The SMILES string of the molecule is CCOC1OC(=O)CC1NC(=O)CN1CC=CCC(NC(=O)c2ccccc2)C1=O. The van der Waals surface area contributed by atoms with Crippen LogP contribution in [0.15, 0.2) is 42.5 Å². The van der Waals surface area contributed by atoms with Gasteiger partial charge in [-0.1, -0.05) is 30.4 Å². The Bertz CT molecular complexity index is 825. The highest BCUT2D eigenvalue weighted by Crippen LogP contribution is 2.16. The summed E-state index contributed by atoms with van der Waals surface area (Å²) in [5.74, 6) is -1.58. The van der Waals surface area contributed by atoms with Crippen LogP contribution in [-0.2, 0) is 23.9 Å². The Morgan fingerprint density at radius 2 is 1.93 bits per heavy atom. The molecule has 1 fully saturated rings. The predicted molar refractivity (Wildman–Crippen MR) is 106 cm³/mol. The van der Waals surface area contributed by atoms with Crippen LogP contribution in [0.2, 0.25) is 0 Å². The highest BCUT2D eigenvalue weighted by atomic mass is 16.7. The fourth-order valence-electron chi connectivity index (χ4n) is 3.33. The summed E-state index contributed by atoms with van der Waals surface area (Å²) >= 11 is 0. The Labute approximate surface area is 174 Å². The van der Waals surface area contributed by atoms with E-state index in [1.54, 1.807) is 49.4 Å². The monoisotopic (exact) mass is 415 g/mol. The molecule has 1 aromatic rings. The molecule has 1 saturated heterocycles. The molecule has 2 aliphatic heterocycles. The molecule has 9 nitrogen and oxygen atoms in total. The molecule has 0 radical (unpaired) electrons. The zero-order valence-corrected chi connectivity index (χ0v) is 16.7. The lowest BCUT2D eigenvalue weighted by Crippen LogP contribution is -2.52. The first-order valence-corrected chi connectivity index (χ1v) is 9.88. The number of ether oxygens (including phenoxy) is 2. The van der Waals surface area contributed by atoms with Crippen molar-refractivity contribution in [3.63, 3.8) is 0 Å². The molecular formula is C21H25N3O6. The van der Waals surface area contributed by atoms with Crippen molar-refractivity contribution in [1.82, 2.24) is 15.5 Å². The van der Waals surface area contributed by atoms with Crippen molar-refractivity contribution >= 4 is 23.7 Å². The zero-order chi connectivity index (χ0) is 21.5. The van der Waals surface area contributed by atoms with Crippen LogP contribution in [0.4, 0.5) is 0 Å². The average molecular weight is 415 g/mol. The summed E-state index contributed by atoms with van der Waals surface area (Å²) in [6.45, 7) is 2.14. The van der Waals surface area contributed by atoms with Crippen molar-refractivity contribution < 1.29 is 28.7 Å². The molecule has 0 aliphatic carbocycles. The van der Waals surface area contributed by atoms with E-state index in [0.717, 1.165) is 0 Å². The van der Waals surface area contributed by atoms with Crippen LogP contribution in [0.5, 0.6) is 0 Å². The molecule has 3 unspecified atom stereocenters. The molecule has 1 aromatic carbocycles. The lowest BCUT2D eigenvalue weighted by molar-refractivity contribution is -0.164. The van der Waals surface area contributed by atoms with Gasteiger partial charge in [0, 0.05) is 18.7 Å². The molecule has 2 N–H and O–H groups in total. The van der Waals surface area contributed by atoms with Crippen molar-refractivity contribution in [2.24, 2.45) is 0 Å². The summed E-state index contributed by atoms with van der Waals surface area (Å²) in [4.78, 5) is 50.7. The van der Waals surface area contributed by atoms with Crippen LogP contribution in [0.1, 0.15) is 30.1 Å². The fraction of sp³-hybridized carbons (Fsp3) is 0.429. The second kappa shape index (κ2) is 10.0. The van der Waals surface area contributed by atoms with E-state index in [4.69, 9.17) is 9.47 Å². The molecule has 2 heterocycles. The smallest absolute Gasteiger partial charge is 0.310 e. The maximum atomic E-state index is 12.9. The number of carbonyl (C=O) groups excluding carboxylic acids is 4. The third kappa shape index (κ3) is 5.44. The first-order valence-electron chi connectivity index (χ1n) is 9.88. The lowest BCUT2D eigenvalue weighted by Gasteiger charge is -2.25. The minimum atomic E-state index is -0.830. The first kappa shape index (κ1) is 21.5. The van der Waals surface area contributed by atoms with Crippen molar-refractivity contribution in [3.05, 3.63) is 48.0 Å². The van der Waals surface area contributed by atoms with Gasteiger partial charge in [0.15, 0.2) is 0 Å². The summed E-state index contributed by atoms with van der Waals surface area (Å²) in [7, 11) is 0. The van der Waals surface area contributed by atoms with Crippen LogP contribution in [0, 0.1) is 0 Å². The number of hydrogen-bond acceptors (Lipinski definition) is 6. The topological polar surface area (TPSA) is 114 Å². The first-order chi connectivity index (χ1) is 14.5. The van der Waals surface area contributed by atoms with Gasteiger partial charge in [-0.15, -0.1) is 0 Å². The standard InChI is InChI=1S/C21H25N3O6/c1-2-29-21-16(12-18(26)30-21)22-17(25)13-24-11-7-6-10-15(20(24)28)23-19(27)14-8-4-3-5-9-14/h3-9,15-16,21H,2,10-13H2,1H3,(H,22,25)(H,23,27). The van der Waals surface area contributed by atoms with Crippen molar-refractivity contribution in [2.45, 2.75) is 38.1 Å².